The van der Waals surface area contributed by atoms with Crippen LogP contribution < -0.4 is 5.32 Å². The molecule has 2 aromatic rings. The van der Waals surface area contributed by atoms with E-state index in [2.05, 4.69) is 20.1 Å². The highest BCUT2D eigenvalue weighted by Gasteiger charge is 2.28. The van der Waals surface area contributed by atoms with E-state index in [-0.39, 0.29) is 5.91 Å². The van der Waals surface area contributed by atoms with E-state index in [1.54, 1.807) is 11.8 Å². The summed E-state index contributed by atoms with van der Waals surface area (Å²) in [6.45, 7) is 4.37. The largest absolute Gasteiger partial charge is 0.342 e. The number of aromatic nitrogens is 3. The number of thioether (sulfide) groups is 1. The Morgan fingerprint density at radius 1 is 1.16 bits per heavy atom. The molecule has 1 aromatic heterocycles. The van der Waals surface area contributed by atoms with Gasteiger partial charge in [-0.15, -0.1) is 22.0 Å². The second kappa shape index (κ2) is 7.58. The van der Waals surface area contributed by atoms with Gasteiger partial charge in [0.2, 0.25) is 5.91 Å². The van der Waals surface area contributed by atoms with E-state index in [4.69, 9.17) is 0 Å². The van der Waals surface area contributed by atoms with E-state index in [0.29, 0.717) is 11.7 Å². The molecule has 2 aliphatic heterocycles. The van der Waals surface area contributed by atoms with Gasteiger partial charge in [0, 0.05) is 37.0 Å². The maximum Gasteiger partial charge on any atom is 0.232 e. The molecule has 7 heteroatoms. The lowest BCUT2D eigenvalue weighted by Crippen LogP contribution is -2.39. The second-order valence-electron chi connectivity index (χ2n) is 6.56. The van der Waals surface area contributed by atoms with Crippen molar-refractivity contribution in [2.24, 2.45) is 0 Å². The van der Waals surface area contributed by atoms with E-state index in [1.807, 2.05) is 35.2 Å². The van der Waals surface area contributed by atoms with Gasteiger partial charge in [0.25, 0.3) is 0 Å². The van der Waals surface area contributed by atoms with Crippen LogP contribution in [-0.2, 0) is 17.9 Å². The zero-order valence-electron chi connectivity index (χ0n) is 14.2. The Kier molecular flexibility index (Phi) is 5.03. The third-order valence-corrected chi connectivity index (χ3v) is 5.97. The first kappa shape index (κ1) is 16.6. The summed E-state index contributed by atoms with van der Waals surface area (Å²) in [6.07, 6.45) is 1.96. The van der Waals surface area contributed by atoms with Crippen LogP contribution in [0.15, 0.2) is 35.2 Å². The van der Waals surface area contributed by atoms with E-state index in [9.17, 15) is 4.79 Å². The number of nitrogens with zero attached hydrogens (tertiary/aromatic N) is 4. The van der Waals surface area contributed by atoms with Crippen molar-refractivity contribution in [2.45, 2.75) is 36.7 Å². The van der Waals surface area contributed by atoms with Crippen LogP contribution in [0.1, 0.15) is 30.4 Å². The summed E-state index contributed by atoms with van der Waals surface area (Å²) in [7, 11) is 0. The van der Waals surface area contributed by atoms with Crippen molar-refractivity contribution < 1.29 is 4.79 Å². The van der Waals surface area contributed by atoms with E-state index in [1.165, 1.54) is 0 Å². The molecule has 0 spiro atoms. The van der Waals surface area contributed by atoms with Crippen molar-refractivity contribution in [3.63, 3.8) is 0 Å². The van der Waals surface area contributed by atoms with Gasteiger partial charge in [0.05, 0.1) is 12.3 Å². The Bertz CT molecular complexity index is 724. The van der Waals surface area contributed by atoms with Crippen molar-refractivity contribution >= 4 is 17.7 Å². The van der Waals surface area contributed by atoms with Gasteiger partial charge in [-0.25, -0.2) is 0 Å². The molecule has 1 fully saturated rings. The molecule has 0 unspecified atom stereocenters. The number of carbonyl (C=O) groups is 1. The molecule has 1 N–H and O–H groups in total. The van der Waals surface area contributed by atoms with Gasteiger partial charge in [-0.05, 0) is 25.0 Å². The van der Waals surface area contributed by atoms with Crippen molar-refractivity contribution in [1.82, 2.24) is 25.0 Å². The summed E-state index contributed by atoms with van der Waals surface area (Å²) >= 11 is 1.61. The lowest BCUT2D eigenvalue weighted by atomic mass is 9.95. The van der Waals surface area contributed by atoms with Gasteiger partial charge in [-0.2, -0.15) is 0 Å². The molecule has 1 aromatic carbocycles. The number of fused-ring (bicyclic) bond motifs is 1. The summed E-state index contributed by atoms with van der Waals surface area (Å²) in [5.74, 6) is 3.33. The molecule has 0 saturated carbocycles. The molecule has 1 amide bonds. The maximum absolute atomic E-state index is 12.5. The van der Waals surface area contributed by atoms with Crippen molar-refractivity contribution in [1.29, 1.82) is 0 Å². The van der Waals surface area contributed by atoms with E-state index in [0.717, 1.165) is 62.1 Å². The smallest absolute Gasteiger partial charge is 0.232 e. The van der Waals surface area contributed by atoms with Gasteiger partial charge in [-0.1, -0.05) is 18.2 Å². The van der Waals surface area contributed by atoms with Crippen LogP contribution in [0.3, 0.4) is 0 Å². The number of amides is 1. The Labute approximate surface area is 152 Å². The van der Waals surface area contributed by atoms with Gasteiger partial charge < -0.3 is 14.8 Å². The molecule has 0 atom stereocenters. The molecule has 2 aliphatic rings. The Morgan fingerprint density at radius 3 is 2.76 bits per heavy atom. The second-order valence-corrected chi connectivity index (χ2v) is 7.61. The average Bonchev–Trinajstić information content (AvgIpc) is 3.11. The highest BCUT2D eigenvalue weighted by atomic mass is 32.2. The molecule has 4 rings (SSSR count). The summed E-state index contributed by atoms with van der Waals surface area (Å²) < 4.78 is 2.27. The van der Waals surface area contributed by atoms with Crippen LogP contribution in [0, 0.1) is 0 Å². The zero-order valence-corrected chi connectivity index (χ0v) is 15.0. The first-order chi connectivity index (χ1) is 12.3. The Balaban J connectivity index is 1.31. The number of benzene rings is 1. The number of hydrogen-bond donors (Lipinski definition) is 1. The number of likely N-dealkylation sites (tertiary alicyclic amines) is 1. The number of carbonyl (C=O) groups excluding carboxylic acids is 1. The molecule has 6 nitrogen and oxygen atoms in total. The summed E-state index contributed by atoms with van der Waals surface area (Å²) in [6, 6.07) is 10.1. The van der Waals surface area contributed by atoms with Gasteiger partial charge in [0.1, 0.15) is 11.6 Å². The maximum atomic E-state index is 12.5. The SMILES string of the molecule is O=C(CSc1ccccc1)N1CCC(c2nnc3n2CCNC3)CC1. The predicted octanol–water partition coefficient (Wildman–Crippen LogP) is 1.88. The average molecular weight is 357 g/mol. The summed E-state index contributed by atoms with van der Waals surface area (Å²) in [4.78, 5) is 15.6. The Hall–Kier alpha value is -1.86. The minimum absolute atomic E-state index is 0.236. The molecule has 0 aliphatic carbocycles. The monoisotopic (exact) mass is 357 g/mol. The van der Waals surface area contributed by atoms with Gasteiger partial charge in [0.15, 0.2) is 0 Å². The van der Waals surface area contributed by atoms with Crippen LogP contribution >= 0.6 is 11.8 Å². The molecule has 0 bridgehead atoms. The molecular formula is C18H23N5OS. The molecule has 1 saturated heterocycles. The quantitative estimate of drug-likeness (QED) is 0.847. The number of hydrogen-bond acceptors (Lipinski definition) is 5. The topological polar surface area (TPSA) is 63.1 Å². The van der Waals surface area contributed by atoms with Crippen molar-refractivity contribution in [3.05, 3.63) is 42.0 Å². The third-order valence-electron chi connectivity index (χ3n) is 4.97. The molecular weight excluding hydrogens is 334 g/mol. The van der Waals surface area contributed by atoms with E-state index >= 15 is 0 Å². The van der Waals surface area contributed by atoms with Gasteiger partial charge in [-0.3, -0.25) is 4.79 Å². The van der Waals surface area contributed by atoms with E-state index < -0.39 is 0 Å². The molecule has 25 heavy (non-hydrogen) atoms. The fraction of sp³-hybridized carbons (Fsp3) is 0.500. The predicted molar refractivity (Wildman–Crippen MR) is 97.4 cm³/mol. The van der Waals surface area contributed by atoms with Crippen LogP contribution in [0.2, 0.25) is 0 Å². The van der Waals surface area contributed by atoms with Crippen LogP contribution in [0.4, 0.5) is 0 Å². The minimum atomic E-state index is 0.236. The minimum Gasteiger partial charge on any atom is -0.342 e. The third kappa shape index (κ3) is 3.72. The Morgan fingerprint density at radius 2 is 1.96 bits per heavy atom. The molecule has 132 valence electrons. The number of piperidine rings is 1. The van der Waals surface area contributed by atoms with Crippen LogP contribution in [0.5, 0.6) is 0 Å². The van der Waals surface area contributed by atoms with Crippen LogP contribution in [-0.4, -0.2) is 51.0 Å². The summed E-state index contributed by atoms with van der Waals surface area (Å²) in [5.41, 5.74) is 0. The lowest BCUT2D eigenvalue weighted by molar-refractivity contribution is -0.129. The normalized spacial score (nSPS) is 18.2. The van der Waals surface area contributed by atoms with Crippen LogP contribution in [0.25, 0.3) is 0 Å². The fourth-order valence-electron chi connectivity index (χ4n) is 3.56. The molecule has 0 radical (unpaired) electrons. The lowest BCUT2D eigenvalue weighted by Gasteiger charge is -2.32. The van der Waals surface area contributed by atoms with Crippen molar-refractivity contribution in [3.8, 4) is 0 Å². The fourth-order valence-corrected chi connectivity index (χ4v) is 4.38. The molecule has 3 heterocycles. The summed E-state index contributed by atoms with van der Waals surface area (Å²) in [5, 5.41) is 12.1. The van der Waals surface area contributed by atoms with Crippen molar-refractivity contribution in [2.75, 3.05) is 25.4 Å². The standard InChI is InChI=1S/C18H23N5OS/c24-17(13-25-15-4-2-1-3-5-15)22-9-6-14(7-10-22)18-21-20-16-12-19-8-11-23(16)18/h1-5,14,19H,6-13H2. The first-order valence-electron chi connectivity index (χ1n) is 8.89. The number of rotatable bonds is 4. The first-order valence-corrected chi connectivity index (χ1v) is 9.88. The number of nitrogens with one attached hydrogen (secondary N) is 1. The highest BCUT2D eigenvalue weighted by Crippen LogP contribution is 2.28. The zero-order chi connectivity index (χ0) is 17.1. The highest BCUT2D eigenvalue weighted by molar-refractivity contribution is 8.00. The van der Waals surface area contributed by atoms with Gasteiger partial charge >= 0.3 is 0 Å².